The molecule has 0 aromatic heterocycles. The maximum Gasteiger partial charge on any atom is 0.225 e. The van der Waals surface area contributed by atoms with Gasteiger partial charge in [0.2, 0.25) is 11.8 Å². The Bertz CT molecular complexity index is 1070. The number of carbonyl (C=O) groups excluding carboxylic acids is 2. The average molecular weight is 440 g/mol. The standard InChI is InChI=1S/C19H18F2N2O4S2/c1-11-8-19(25)23-16-10-13(3-5-17(16)28-11)29(26,27)7-6-18(24)22-15-4-2-12(20)9-14(15)21/h2-5,9-11H,6-8H2,1H3,(H,22,24)(H,23,25)/t11-/m1/s1. The minimum absolute atomic E-state index is 0.0209. The predicted molar refractivity (Wildman–Crippen MR) is 107 cm³/mol. The third kappa shape index (κ3) is 5.33. The van der Waals surface area contributed by atoms with Crippen molar-refractivity contribution in [3.05, 3.63) is 48.0 Å². The first kappa shape index (κ1) is 21.3. The summed E-state index contributed by atoms with van der Waals surface area (Å²) in [6.07, 6.45) is -0.0874. The fraction of sp³-hybridized carbons (Fsp3) is 0.263. The molecule has 0 unspecified atom stereocenters. The van der Waals surface area contributed by atoms with Crippen LogP contribution >= 0.6 is 11.8 Å². The van der Waals surface area contributed by atoms with E-state index in [0.29, 0.717) is 18.2 Å². The predicted octanol–water partition coefficient (Wildman–Crippen LogP) is 3.59. The monoisotopic (exact) mass is 440 g/mol. The van der Waals surface area contributed by atoms with Crippen molar-refractivity contribution in [2.75, 3.05) is 16.4 Å². The van der Waals surface area contributed by atoms with Gasteiger partial charge in [-0.25, -0.2) is 17.2 Å². The lowest BCUT2D eigenvalue weighted by atomic mass is 10.3. The number of benzene rings is 2. The highest BCUT2D eigenvalue weighted by Gasteiger charge is 2.23. The lowest BCUT2D eigenvalue weighted by Gasteiger charge is -2.11. The minimum atomic E-state index is -3.82. The van der Waals surface area contributed by atoms with Crippen molar-refractivity contribution in [1.29, 1.82) is 0 Å². The van der Waals surface area contributed by atoms with Crippen LogP contribution in [0.15, 0.2) is 46.2 Å². The van der Waals surface area contributed by atoms with Gasteiger partial charge in [0.05, 0.1) is 22.0 Å². The Hall–Kier alpha value is -2.46. The van der Waals surface area contributed by atoms with Gasteiger partial charge < -0.3 is 10.6 Å². The number of hydrogen-bond acceptors (Lipinski definition) is 5. The lowest BCUT2D eigenvalue weighted by molar-refractivity contribution is -0.116. The molecule has 0 aliphatic carbocycles. The second kappa shape index (κ2) is 8.50. The van der Waals surface area contributed by atoms with Crippen LogP contribution in [0, 0.1) is 11.6 Å². The number of thioether (sulfide) groups is 1. The van der Waals surface area contributed by atoms with Crippen LogP contribution in [0.25, 0.3) is 0 Å². The minimum Gasteiger partial charge on any atom is -0.325 e. The SMILES string of the molecule is C[C@@H]1CC(=O)Nc2cc(S(=O)(=O)CCC(=O)Nc3ccc(F)cc3F)ccc2S1. The molecule has 2 N–H and O–H groups in total. The number of amides is 2. The molecule has 1 atom stereocenters. The van der Waals surface area contributed by atoms with E-state index in [9.17, 15) is 26.8 Å². The van der Waals surface area contributed by atoms with Crippen molar-refractivity contribution in [3.8, 4) is 0 Å². The molecule has 0 saturated heterocycles. The first-order valence-corrected chi connectivity index (χ1v) is 11.3. The summed E-state index contributed by atoms with van der Waals surface area (Å²) in [5, 5.41) is 4.99. The molecule has 6 nitrogen and oxygen atoms in total. The van der Waals surface area contributed by atoms with Gasteiger partial charge in [-0.05, 0) is 30.3 Å². The van der Waals surface area contributed by atoms with Crippen LogP contribution in [0.4, 0.5) is 20.2 Å². The van der Waals surface area contributed by atoms with Crippen molar-refractivity contribution in [3.63, 3.8) is 0 Å². The van der Waals surface area contributed by atoms with Crippen molar-refractivity contribution in [2.24, 2.45) is 0 Å². The molecule has 0 fully saturated rings. The summed E-state index contributed by atoms with van der Waals surface area (Å²) in [6, 6.07) is 7.11. The van der Waals surface area contributed by atoms with Crippen LogP contribution in [0.3, 0.4) is 0 Å². The Kier molecular flexibility index (Phi) is 6.23. The molecule has 0 spiro atoms. The maximum absolute atomic E-state index is 13.6. The van der Waals surface area contributed by atoms with Gasteiger partial charge in [0.25, 0.3) is 0 Å². The Balaban J connectivity index is 1.69. The zero-order chi connectivity index (χ0) is 21.2. The molecule has 1 aliphatic rings. The average Bonchev–Trinajstić information content (AvgIpc) is 2.78. The molecule has 0 radical (unpaired) electrons. The van der Waals surface area contributed by atoms with Crippen LogP contribution in [0.1, 0.15) is 19.8 Å². The zero-order valence-corrected chi connectivity index (χ0v) is 17.0. The summed E-state index contributed by atoms with van der Waals surface area (Å²) in [5.41, 5.74) is 0.191. The topological polar surface area (TPSA) is 92.3 Å². The lowest BCUT2D eigenvalue weighted by Crippen LogP contribution is -2.18. The van der Waals surface area contributed by atoms with Gasteiger partial charge in [0, 0.05) is 29.1 Å². The van der Waals surface area contributed by atoms with E-state index in [1.165, 1.54) is 23.9 Å². The molecule has 0 saturated carbocycles. The summed E-state index contributed by atoms with van der Waals surface area (Å²) in [4.78, 5) is 24.6. The number of rotatable bonds is 5. The third-order valence-electron chi connectivity index (χ3n) is 4.19. The molecule has 2 aromatic rings. The Labute approximate surface area is 171 Å². The van der Waals surface area contributed by atoms with E-state index < -0.39 is 39.6 Å². The van der Waals surface area contributed by atoms with Crippen molar-refractivity contribution in [2.45, 2.75) is 34.8 Å². The van der Waals surface area contributed by atoms with Crippen molar-refractivity contribution < 1.29 is 26.8 Å². The van der Waals surface area contributed by atoms with Gasteiger partial charge in [-0.15, -0.1) is 11.8 Å². The number of nitrogens with one attached hydrogen (secondary N) is 2. The summed E-state index contributed by atoms with van der Waals surface area (Å²) < 4.78 is 51.7. The van der Waals surface area contributed by atoms with Crippen LogP contribution < -0.4 is 10.6 Å². The number of anilines is 2. The third-order valence-corrected chi connectivity index (χ3v) is 7.08. The normalized spacial score (nSPS) is 16.5. The molecule has 154 valence electrons. The molecule has 1 heterocycles. The van der Waals surface area contributed by atoms with Crippen LogP contribution in [0.2, 0.25) is 0 Å². The van der Waals surface area contributed by atoms with E-state index in [4.69, 9.17) is 0 Å². The fourth-order valence-corrected chi connectivity index (χ4v) is 5.09. The number of carbonyl (C=O) groups is 2. The van der Waals surface area contributed by atoms with E-state index in [2.05, 4.69) is 10.6 Å². The number of fused-ring (bicyclic) bond motifs is 1. The number of halogens is 2. The first-order chi connectivity index (χ1) is 13.6. The Morgan fingerprint density at radius 2 is 2.00 bits per heavy atom. The van der Waals surface area contributed by atoms with Gasteiger partial charge in [-0.3, -0.25) is 9.59 Å². The molecule has 10 heteroatoms. The molecule has 0 bridgehead atoms. The second-order valence-electron chi connectivity index (χ2n) is 6.58. The van der Waals surface area contributed by atoms with Gasteiger partial charge in [0.15, 0.2) is 9.84 Å². The second-order valence-corrected chi connectivity index (χ2v) is 10.2. The maximum atomic E-state index is 13.6. The molecular weight excluding hydrogens is 422 g/mol. The molecule has 2 aromatic carbocycles. The van der Waals surface area contributed by atoms with Gasteiger partial charge in [0.1, 0.15) is 11.6 Å². The van der Waals surface area contributed by atoms with E-state index in [1.54, 1.807) is 6.07 Å². The highest BCUT2D eigenvalue weighted by atomic mass is 32.2. The van der Waals surface area contributed by atoms with Crippen LogP contribution in [-0.2, 0) is 19.4 Å². The van der Waals surface area contributed by atoms with E-state index in [1.807, 2.05) is 6.92 Å². The molecule has 2 amide bonds. The summed E-state index contributed by atoms with van der Waals surface area (Å²) in [6.45, 7) is 1.91. The summed E-state index contributed by atoms with van der Waals surface area (Å²) in [7, 11) is -3.82. The van der Waals surface area contributed by atoms with E-state index >= 15 is 0 Å². The molecule has 29 heavy (non-hydrogen) atoms. The Morgan fingerprint density at radius 1 is 1.24 bits per heavy atom. The van der Waals surface area contributed by atoms with Crippen LogP contribution in [0.5, 0.6) is 0 Å². The highest BCUT2D eigenvalue weighted by Crippen LogP contribution is 2.36. The van der Waals surface area contributed by atoms with Crippen molar-refractivity contribution >= 4 is 44.8 Å². The number of hydrogen-bond donors (Lipinski definition) is 2. The highest BCUT2D eigenvalue weighted by molar-refractivity contribution is 8.00. The summed E-state index contributed by atoms with van der Waals surface area (Å²) in [5.74, 6) is -3.15. The molecule has 3 rings (SSSR count). The quantitative estimate of drug-likeness (QED) is 0.741. The van der Waals surface area contributed by atoms with E-state index in [0.717, 1.165) is 17.0 Å². The molecule has 1 aliphatic heterocycles. The largest absolute Gasteiger partial charge is 0.325 e. The number of sulfone groups is 1. The van der Waals surface area contributed by atoms with Gasteiger partial charge >= 0.3 is 0 Å². The van der Waals surface area contributed by atoms with E-state index in [-0.39, 0.29) is 21.7 Å². The fourth-order valence-electron chi connectivity index (χ4n) is 2.77. The van der Waals surface area contributed by atoms with Crippen molar-refractivity contribution in [1.82, 2.24) is 0 Å². The Morgan fingerprint density at radius 3 is 2.72 bits per heavy atom. The first-order valence-electron chi connectivity index (χ1n) is 8.72. The summed E-state index contributed by atoms with van der Waals surface area (Å²) >= 11 is 1.47. The smallest absolute Gasteiger partial charge is 0.225 e. The van der Waals surface area contributed by atoms with Crippen LogP contribution in [-0.4, -0.2) is 31.2 Å². The zero-order valence-electron chi connectivity index (χ0n) is 15.4. The molecular formula is C19H18F2N2O4S2. The van der Waals surface area contributed by atoms with Gasteiger partial charge in [-0.1, -0.05) is 6.92 Å². The van der Waals surface area contributed by atoms with Gasteiger partial charge in [-0.2, -0.15) is 0 Å².